The summed E-state index contributed by atoms with van der Waals surface area (Å²) in [7, 11) is 0. The van der Waals surface area contributed by atoms with Gasteiger partial charge in [0.25, 0.3) is 0 Å². The average molecular weight is 299 g/mol. The maximum absolute atomic E-state index is 6.77. The molecule has 20 heavy (non-hydrogen) atoms. The highest BCUT2D eigenvalue weighted by Gasteiger charge is 2.50. The van der Waals surface area contributed by atoms with Crippen molar-refractivity contribution in [3.63, 3.8) is 0 Å². The molecule has 0 saturated heterocycles. The summed E-state index contributed by atoms with van der Waals surface area (Å²) in [6.45, 7) is 6.80. The fraction of sp³-hybridized carbons (Fsp3) is 1.00. The predicted molar refractivity (Wildman–Crippen MR) is 84.9 cm³/mol. The molecule has 0 N–H and O–H groups in total. The van der Waals surface area contributed by atoms with Gasteiger partial charge in [0.2, 0.25) is 0 Å². The van der Waals surface area contributed by atoms with Crippen molar-refractivity contribution in [2.45, 2.75) is 83.8 Å². The van der Waals surface area contributed by atoms with Crippen LogP contribution < -0.4 is 0 Å². The van der Waals surface area contributed by atoms with Gasteiger partial charge in [-0.1, -0.05) is 32.4 Å². The Morgan fingerprint density at radius 2 is 1.35 bits per heavy atom. The molecule has 0 aromatic rings. The molecule has 0 aromatic carbocycles. The number of hydrogen-bond donors (Lipinski definition) is 0. The van der Waals surface area contributed by atoms with E-state index in [0.717, 1.165) is 42.9 Å². The van der Waals surface area contributed by atoms with Crippen LogP contribution in [0.2, 0.25) is 0 Å². The molecule has 4 saturated carbocycles. The SMILES string of the molecule is CCC(CC)(CC)C(Cl)OC1C2CC3CC(C2)CC1C3. The monoisotopic (exact) mass is 298 g/mol. The molecule has 0 spiro atoms. The van der Waals surface area contributed by atoms with Crippen molar-refractivity contribution in [1.29, 1.82) is 0 Å². The summed E-state index contributed by atoms with van der Waals surface area (Å²) in [4.78, 5) is 0. The fourth-order valence-corrected chi connectivity index (χ4v) is 6.19. The molecule has 4 aliphatic carbocycles. The molecule has 2 heteroatoms. The molecule has 1 nitrogen and oxygen atoms in total. The molecule has 4 rings (SSSR count). The van der Waals surface area contributed by atoms with Crippen molar-refractivity contribution >= 4 is 11.6 Å². The maximum Gasteiger partial charge on any atom is 0.137 e. The van der Waals surface area contributed by atoms with E-state index in [-0.39, 0.29) is 11.0 Å². The molecule has 4 fully saturated rings. The van der Waals surface area contributed by atoms with Gasteiger partial charge >= 0.3 is 0 Å². The molecule has 116 valence electrons. The van der Waals surface area contributed by atoms with Gasteiger partial charge in [-0.25, -0.2) is 0 Å². The van der Waals surface area contributed by atoms with Crippen LogP contribution >= 0.6 is 11.6 Å². The molecular formula is C18H31ClO. The Hall–Kier alpha value is 0.250. The van der Waals surface area contributed by atoms with E-state index < -0.39 is 0 Å². The van der Waals surface area contributed by atoms with Gasteiger partial charge in [0.15, 0.2) is 0 Å². The maximum atomic E-state index is 6.77. The van der Waals surface area contributed by atoms with Gasteiger partial charge in [0.05, 0.1) is 6.10 Å². The van der Waals surface area contributed by atoms with E-state index in [1.165, 1.54) is 32.1 Å². The number of hydrogen-bond acceptors (Lipinski definition) is 1. The topological polar surface area (TPSA) is 9.23 Å². The molecule has 0 heterocycles. The highest BCUT2D eigenvalue weighted by Crippen LogP contribution is 2.55. The minimum Gasteiger partial charge on any atom is -0.358 e. The first-order valence-corrected chi connectivity index (χ1v) is 9.35. The van der Waals surface area contributed by atoms with Crippen molar-refractivity contribution < 1.29 is 4.74 Å². The zero-order chi connectivity index (χ0) is 14.3. The summed E-state index contributed by atoms with van der Waals surface area (Å²) < 4.78 is 6.53. The van der Waals surface area contributed by atoms with Crippen molar-refractivity contribution in [1.82, 2.24) is 0 Å². The zero-order valence-corrected chi connectivity index (χ0v) is 14.2. The Morgan fingerprint density at radius 3 is 1.75 bits per heavy atom. The molecule has 0 radical (unpaired) electrons. The van der Waals surface area contributed by atoms with E-state index in [4.69, 9.17) is 16.3 Å². The second-order valence-corrected chi connectivity index (χ2v) is 8.17. The minimum atomic E-state index is -0.0926. The van der Waals surface area contributed by atoms with Crippen LogP contribution in [-0.4, -0.2) is 11.7 Å². The molecule has 1 atom stereocenters. The lowest BCUT2D eigenvalue weighted by atomic mass is 9.55. The first-order valence-electron chi connectivity index (χ1n) is 8.91. The molecular weight excluding hydrogens is 268 g/mol. The third-order valence-electron chi connectivity index (χ3n) is 7.01. The summed E-state index contributed by atoms with van der Waals surface area (Å²) in [5.41, 5.74) is 0.0842. The van der Waals surface area contributed by atoms with E-state index in [2.05, 4.69) is 20.8 Å². The molecule has 0 aliphatic heterocycles. The lowest BCUT2D eigenvalue weighted by Crippen LogP contribution is -2.51. The Bertz CT molecular complexity index is 300. The smallest absolute Gasteiger partial charge is 0.137 e. The summed E-state index contributed by atoms with van der Waals surface area (Å²) >= 11 is 6.77. The van der Waals surface area contributed by atoms with E-state index in [9.17, 15) is 0 Å². The first-order chi connectivity index (χ1) is 9.61. The number of alkyl halides is 1. The lowest BCUT2D eigenvalue weighted by molar-refractivity contribution is -0.157. The second-order valence-electron chi connectivity index (χ2n) is 7.77. The van der Waals surface area contributed by atoms with Crippen LogP contribution in [0.25, 0.3) is 0 Å². The van der Waals surface area contributed by atoms with Crippen LogP contribution in [0.15, 0.2) is 0 Å². The van der Waals surface area contributed by atoms with Gasteiger partial charge in [-0.05, 0) is 75.0 Å². The van der Waals surface area contributed by atoms with Crippen LogP contribution in [0.5, 0.6) is 0 Å². The normalized spacial score (nSPS) is 41.1. The van der Waals surface area contributed by atoms with E-state index in [1.807, 2.05) is 0 Å². The van der Waals surface area contributed by atoms with Crippen molar-refractivity contribution in [3.8, 4) is 0 Å². The Labute approximate surface area is 129 Å². The largest absolute Gasteiger partial charge is 0.358 e. The number of rotatable bonds is 6. The molecule has 1 unspecified atom stereocenters. The van der Waals surface area contributed by atoms with Crippen LogP contribution in [0.1, 0.15) is 72.1 Å². The van der Waals surface area contributed by atoms with Crippen LogP contribution in [0, 0.1) is 29.1 Å². The molecule has 0 aromatic heterocycles. The third-order valence-corrected chi connectivity index (χ3v) is 7.58. The van der Waals surface area contributed by atoms with Crippen LogP contribution in [0.4, 0.5) is 0 Å². The fourth-order valence-electron chi connectivity index (χ4n) is 5.61. The Morgan fingerprint density at radius 1 is 0.900 bits per heavy atom. The average Bonchev–Trinajstić information content (AvgIpc) is 2.44. The van der Waals surface area contributed by atoms with Crippen molar-refractivity contribution in [3.05, 3.63) is 0 Å². The Balaban J connectivity index is 1.68. The minimum absolute atomic E-state index is 0.0926. The van der Waals surface area contributed by atoms with Gasteiger partial charge < -0.3 is 4.74 Å². The van der Waals surface area contributed by atoms with Gasteiger partial charge in [0.1, 0.15) is 5.56 Å². The lowest BCUT2D eigenvalue weighted by Gasteiger charge is -2.55. The van der Waals surface area contributed by atoms with Gasteiger partial charge in [-0.15, -0.1) is 0 Å². The quantitative estimate of drug-likeness (QED) is 0.579. The summed E-state index contributed by atoms with van der Waals surface area (Å²) in [5, 5.41) is 0. The van der Waals surface area contributed by atoms with E-state index >= 15 is 0 Å². The standard InChI is InChI=1S/C18H31ClO/c1-4-18(5-2,6-3)17(19)20-16-14-8-12-7-13(10-14)11-15(16)9-12/h12-17H,4-11H2,1-3H3. The highest BCUT2D eigenvalue weighted by molar-refractivity contribution is 6.20. The van der Waals surface area contributed by atoms with Gasteiger partial charge in [0, 0.05) is 5.41 Å². The van der Waals surface area contributed by atoms with E-state index in [0.29, 0.717) is 6.10 Å². The number of ether oxygens (including phenoxy) is 1. The van der Waals surface area contributed by atoms with Gasteiger partial charge in [-0.3, -0.25) is 0 Å². The van der Waals surface area contributed by atoms with E-state index in [1.54, 1.807) is 0 Å². The Kier molecular flexibility index (Phi) is 4.40. The summed E-state index contributed by atoms with van der Waals surface area (Å²) in [6, 6.07) is 0. The molecule has 4 bridgehead atoms. The van der Waals surface area contributed by atoms with Crippen molar-refractivity contribution in [2.75, 3.05) is 0 Å². The second kappa shape index (κ2) is 5.80. The third kappa shape index (κ3) is 2.43. The van der Waals surface area contributed by atoms with Crippen LogP contribution in [0.3, 0.4) is 0 Å². The van der Waals surface area contributed by atoms with Crippen LogP contribution in [-0.2, 0) is 4.74 Å². The predicted octanol–water partition coefficient (Wildman–Crippen LogP) is 5.61. The summed E-state index contributed by atoms with van der Waals surface area (Å²) in [5.74, 6) is 3.66. The van der Waals surface area contributed by atoms with Crippen molar-refractivity contribution in [2.24, 2.45) is 29.1 Å². The summed E-state index contributed by atoms with van der Waals surface area (Å²) in [6.07, 6.45) is 11.0. The highest BCUT2D eigenvalue weighted by atomic mass is 35.5. The zero-order valence-electron chi connectivity index (χ0n) is 13.4. The molecule has 4 aliphatic rings. The van der Waals surface area contributed by atoms with Gasteiger partial charge in [-0.2, -0.15) is 0 Å². The first kappa shape index (κ1) is 15.2. The molecule has 0 amide bonds. The number of halogens is 1.